The first-order valence-corrected chi connectivity index (χ1v) is 11.0. The molecular formula is C23H28O5. The van der Waals surface area contributed by atoms with E-state index in [4.69, 9.17) is 18.9 Å². The van der Waals surface area contributed by atoms with Crippen LogP contribution in [0.5, 0.6) is 0 Å². The van der Waals surface area contributed by atoms with Crippen LogP contribution in [-0.2, 0) is 23.7 Å². The fourth-order valence-corrected chi connectivity index (χ4v) is 8.33. The molecule has 4 heterocycles. The molecule has 0 bridgehead atoms. The van der Waals surface area contributed by atoms with E-state index in [1.165, 1.54) is 5.57 Å². The van der Waals surface area contributed by atoms with Crippen LogP contribution in [0, 0.1) is 23.2 Å². The van der Waals surface area contributed by atoms with Gasteiger partial charge in [-0.05, 0) is 29.9 Å². The lowest BCUT2D eigenvalue weighted by Gasteiger charge is -2.51. The summed E-state index contributed by atoms with van der Waals surface area (Å²) in [5.74, 6) is 0.830. The number of hydrogen-bond acceptors (Lipinski definition) is 5. The van der Waals surface area contributed by atoms with Gasteiger partial charge in [0.1, 0.15) is 41.7 Å². The number of cyclic esters (lactones) is 1. The molecule has 0 N–H and O–H groups in total. The molecule has 1 saturated carbocycles. The maximum absolute atomic E-state index is 12.3. The third-order valence-corrected chi connectivity index (χ3v) is 9.78. The zero-order valence-electron chi connectivity index (χ0n) is 17.2. The van der Waals surface area contributed by atoms with Crippen molar-refractivity contribution in [2.24, 2.45) is 23.2 Å². The van der Waals surface area contributed by atoms with Crippen molar-refractivity contribution in [1.82, 2.24) is 0 Å². The van der Waals surface area contributed by atoms with Crippen LogP contribution in [0.4, 0.5) is 0 Å². The van der Waals surface area contributed by atoms with Crippen LogP contribution in [0.3, 0.4) is 0 Å². The van der Waals surface area contributed by atoms with E-state index in [-0.39, 0.29) is 52.4 Å². The molecule has 28 heavy (non-hydrogen) atoms. The molecule has 3 aliphatic carbocycles. The number of carbonyl (C=O) groups excluding carboxylic acids is 1. The molecule has 150 valence electrons. The Morgan fingerprint density at radius 1 is 1.21 bits per heavy atom. The molecule has 3 saturated heterocycles. The Morgan fingerprint density at radius 2 is 2.00 bits per heavy atom. The van der Waals surface area contributed by atoms with E-state index < -0.39 is 0 Å². The molecule has 2 spiro atoms. The Kier molecular flexibility index (Phi) is 2.55. The number of fused-ring (bicyclic) bond motifs is 4. The lowest BCUT2D eigenvalue weighted by molar-refractivity contribution is -0.136. The highest BCUT2D eigenvalue weighted by Crippen LogP contribution is 2.83. The number of esters is 1. The predicted octanol–water partition coefficient (Wildman–Crippen LogP) is 2.93. The van der Waals surface area contributed by atoms with Gasteiger partial charge in [0, 0.05) is 22.5 Å². The summed E-state index contributed by atoms with van der Waals surface area (Å²) < 4.78 is 25.2. The summed E-state index contributed by atoms with van der Waals surface area (Å²) in [7, 11) is 0. The number of epoxide rings is 3. The van der Waals surface area contributed by atoms with E-state index in [0.29, 0.717) is 18.4 Å². The second kappa shape index (κ2) is 4.30. The molecule has 0 aromatic heterocycles. The number of hydrogen-bond donors (Lipinski definition) is 0. The van der Waals surface area contributed by atoms with Gasteiger partial charge in [0.2, 0.25) is 0 Å². The topological polar surface area (TPSA) is 63.9 Å². The minimum atomic E-state index is -0.329. The number of carbonyl (C=O) groups is 1. The summed E-state index contributed by atoms with van der Waals surface area (Å²) in [6.45, 7) is 11.8. The van der Waals surface area contributed by atoms with E-state index in [1.54, 1.807) is 0 Å². The molecule has 0 radical (unpaired) electrons. The van der Waals surface area contributed by atoms with E-state index in [1.807, 2.05) is 0 Å². The largest absolute Gasteiger partial charge is 0.457 e. The fourth-order valence-electron chi connectivity index (χ4n) is 8.33. The molecule has 10 atom stereocenters. The van der Waals surface area contributed by atoms with E-state index in [0.717, 1.165) is 24.0 Å². The quantitative estimate of drug-likeness (QED) is 0.541. The molecule has 0 aromatic carbocycles. The highest BCUT2D eigenvalue weighted by Gasteiger charge is 2.98. The maximum atomic E-state index is 12.3. The van der Waals surface area contributed by atoms with Gasteiger partial charge in [-0.15, -0.1) is 0 Å². The van der Waals surface area contributed by atoms with Gasteiger partial charge in [0.15, 0.2) is 0 Å². The van der Waals surface area contributed by atoms with E-state index >= 15 is 0 Å². The molecule has 0 amide bonds. The monoisotopic (exact) mass is 384 g/mol. The van der Waals surface area contributed by atoms with Gasteiger partial charge in [-0.3, -0.25) is 0 Å². The van der Waals surface area contributed by atoms with Crippen LogP contribution < -0.4 is 0 Å². The maximum Gasteiger partial charge on any atom is 0.335 e. The van der Waals surface area contributed by atoms with Gasteiger partial charge >= 0.3 is 5.97 Å². The fraction of sp³-hybridized carbons (Fsp3) is 0.783. The predicted molar refractivity (Wildman–Crippen MR) is 99.4 cm³/mol. The third-order valence-electron chi connectivity index (χ3n) is 9.78. The molecule has 4 aliphatic heterocycles. The van der Waals surface area contributed by atoms with E-state index in [9.17, 15) is 4.79 Å². The van der Waals surface area contributed by atoms with Gasteiger partial charge in [-0.25, -0.2) is 4.79 Å². The first kappa shape index (κ1) is 16.6. The molecular weight excluding hydrogens is 356 g/mol. The van der Waals surface area contributed by atoms with Crippen LogP contribution in [0.25, 0.3) is 0 Å². The van der Waals surface area contributed by atoms with Gasteiger partial charge in [-0.2, -0.15) is 0 Å². The minimum absolute atomic E-state index is 0.0551. The molecule has 4 fully saturated rings. The third kappa shape index (κ3) is 1.31. The number of rotatable bonds is 2. The Morgan fingerprint density at radius 3 is 2.75 bits per heavy atom. The summed E-state index contributed by atoms with van der Waals surface area (Å²) in [5.41, 5.74) is 2.34. The average molecular weight is 384 g/mol. The Bertz CT molecular complexity index is 920. The summed E-state index contributed by atoms with van der Waals surface area (Å²) in [4.78, 5) is 12.3. The lowest BCUT2D eigenvalue weighted by atomic mass is 9.47. The SMILES string of the molecule is CCC(C)[C@]12O[C@H]1[C@@H]1O[C@@]13[C@@]1(C)CC(C)C4=C(COC4=O)C1=C[C@@H]1O[C@@]13C2C. The highest BCUT2D eigenvalue weighted by molar-refractivity contribution is 5.94. The zero-order valence-corrected chi connectivity index (χ0v) is 17.2. The number of ether oxygens (including phenoxy) is 4. The van der Waals surface area contributed by atoms with Crippen molar-refractivity contribution in [2.45, 2.75) is 82.6 Å². The first-order chi connectivity index (χ1) is 13.3. The summed E-state index contributed by atoms with van der Waals surface area (Å²) in [6.07, 6.45) is 4.64. The van der Waals surface area contributed by atoms with Gasteiger partial charge in [0.25, 0.3) is 0 Å². The van der Waals surface area contributed by atoms with Crippen molar-refractivity contribution in [3.63, 3.8) is 0 Å². The first-order valence-electron chi connectivity index (χ1n) is 11.0. The standard InChI is InChI=1S/C23H28O5/c1-6-11(3)21-12(4)22-15(26-22)7-14-13-9-25-19(24)16(13)10(2)8-20(14,5)23(22)18(28-23)17(21)27-21/h7,10-12,15,17-18H,6,8-9H2,1-5H3/t10?,11?,12?,15-,17-,18-,20-,21+,22-,23+/m0/s1. The Hall–Kier alpha value is -1.17. The van der Waals surface area contributed by atoms with Crippen molar-refractivity contribution in [2.75, 3.05) is 6.61 Å². The molecule has 0 aromatic rings. The zero-order chi connectivity index (χ0) is 19.4. The van der Waals surface area contributed by atoms with Gasteiger partial charge in [0.05, 0.1) is 0 Å². The van der Waals surface area contributed by atoms with Crippen LogP contribution in [0.1, 0.15) is 47.5 Å². The van der Waals surface area contributed by atoms with Crippen molar-refractivity contribution < 1.29 is 23.7 Å². The average Bonchev–Trinajstić information content (AvgIpc) is 3.54. The van der Waals surface area contributed by atoms with Crippen molar-refractivity contribution in [3.8, 4) is 0 Å². The molecule has 5 nitrogen and oxygen atoms in total. The van der Waals surface area contributed by atoms with Crippen LogP contribution in [0.2, 0.25) is 0 Å². The summed E-state index contributed by atoms with van der Waals surface area (Å²) in [6, 6.07) is 0. The second-order valence-corrected chi connectivity index (χ2v) is 10.5. The Labute approximate surface area is 165 Å². The molecule has 5 heteroatoms. The van der Waals surface area contributed by atoms with Crippen molar-refractivity contribution >= 4 is 5.97 Å². The van der Waals surface area contributed by atoms with E-state index in [2.05, 4.69) is 40.7 Å². The van der Waals surface area contributed by atoms with Gasteiger partial charge < -0.3 is 18.9 Å². The minimum Gasteiger partial charge on any atom is -0.457 e. The van der Waals surface area contributed by atoms with Crippen LogP contribution in [-0.4, -0.2) is 47.7 Å². The second-order valence-electron chi connectivity index (χ2n) is 10.5. The van der Waals surface area contributed by atoms with Gasteiger partial charge in [-0.1, -0.05) is 41.0 Å². The van der Waals surface area contributed by atoms with Crippen molar-refractivity contribution in [3.05, 3.63) is 22.8 Å². The normalized spacial score (nSPS) is 60.2. The highest BCUT2D eigenvalue weighted by atomic mass is 16.7. The molecule has 7 rings (SSSR count). The summed E-state index contributed by atoms with van der Waals surface area (Å²) in [5, 5.41) is 0. The Balaban J connectivity index is 1.42. The smallest absolute Gasteiger partial charge is 0.335 e. The van der Waals surface area contributed by atoms with Crippen LogP contribution >= 0.6 is 0 Å². The molecule has 7 aliphatic rings. The summed E-state index contributed by atoms with van der Waals surface area (Å²) >= 11 is 0. The molecule has 3 unspecified atom stereocenters. The lowest BCUT2D eigenvalue weighted by Crippen LogP contribution is -2.64. The van der Waals surface area contributed by atoms with Crippen LogP contribution in [0.15, 0.2) is 22.8 Å². The van der Waals surface area contributed by atoms with Crippen molar-refractivity contribution in [1.29, 1.82) is 0 Å².